The van der Waals surface area contributed by atoms with Crippen molar-refractivity contribution in [2.75, 3.05) is 18.5 Å². The number of nitrogens with zero attached hydrogens (tertiary/aromatic N) is 4. The first-order valence-corrected chi connectivity index (χ1v) is 16.1. The Morgan fingerprint density at radius 2 is 1.24 bits per heavy atom. The van der Waals surface area contributed by atoms with Crippen LogP contribution in [0.25, 0.3) is 33.3 Å². The number of benzene rings is 3. The summed E-state index contributed by atoms with van der Waals surface area (Å²) in [5, 5.41) is 1.24. The molecule has 0 fully saturated rings. The maximum absolute atomic E-state index is 13.3. The second kappa shape index (κ2) is 14.4. The molecule has 0 atom stereocenters. The van der Waals surface area contributed by atoms with Crippen LogP contribution in [0.5, 0.6) is 0 Å². The van der Waals surface area contributed by atoms with E-state index in [0.717, 1.165) is 40.6 Å². The molecule has 4 nitrogen and oxygen atoms in total. The molecule has 2 aromatic heterocycles. The fourth-order valence-corrected chi connectivity index (χ4v) is 5.95. The molecular weight excluding hydrogens is 562 g/mol. The van der Waals surface area contributed by atoms with E-state index < -0.39 is 0 Å². The summed E-state index contributed by atoms with van der Waals surface area (Å²) in [5.74, 6) is 1.30. The molecule has 0 saturated heterocycles. The summed E-state index contributed by atoms with van der Waals surface area (Å²) in [6.45, 7) is 20.4. The van der Waals surface area contributed by atoms with Gasteiger partial charge in [0.2, 0.25) is 5.95 Å². The Kier molecular flexibility index (Phi) is 10.8. The van der Waals surface area contributed by atoms with Gasteiger partial charge in [-0.2, -0.15) is 0 Å². The van der Waals surface area contributed by atoms with Crippen LogP contribution in [-0.2, 0) is 0 Å². The van der Waals surface area contributed by atoms with E-state index in [2.05, 4.69) is 91.1 Å². The molecule has 2 heterocycles. The highest BCUT2D eigenvalue weighted by Crippen LogP contribution is 2.40. The van der Waals surface area contributed by atoms with E-state index in [4.69, 9.17) is 9.97 Å². The zero-order chi connectivity index (χ0) is 33.0. The van der Waals surface area contributed by atoms with Crippen LogP contribution in [0.2, 0.25) is 0 Å². The van der Waals surface area contributed by atoms with Crippen LogP contribution >= 0.6 is 0 Å². The van der Waals surface area contributed by atoms with Gasteiger partial charge in [0, 0.05) is 52.9 Å². The minimum absolute atomic E-state index is 0.192. The van der Waals surface area contributed by atoms with Crippen molar-refractivity contribution in [3.05, 3.63) is 101 Å². The molecule has 0 bridgehead atoms. The van der Waals surface area contributed by atoms with Gasteiger partial charge in [0.25, 0.3) is 0 Å². The van der Waals surface area contributed by atoms with E-state index >= 15 is 0 Å². The minimum atomic E-state index is -0.233. The van der Waals surface area contributed by atoms with Crippen LogP contribution < -0.4 is 4.90 Å². The van der Waals surface area contributed by atoms with Gasteiger partial charge in [-0.3, -0.25) is 0 Å². The fraction of sp³-hybridized carbons (Fsp3) is 0.385. The molecule has 0 spiro atoms. The zero-order valence-corrected chi connectivity index (χ0v) is 28.5. The van der Waals surface area contributed by atoms with Crippen LogP contribution in [0.15, 0.2) is 72.8 Å². The minimum Gasteiger partial charge on any atom is -0.344 e. The van der Waals surface area contributed by atoms with E-state index in [9.17, 15) is 8.78 Å². The average Bonchev–Trinajstić information content (AvgIpc) is 3.37. The van der Waals surface area contributed by atoms with Gasteiger partial charge < -0.3 is 9.47 Å². The monoisotopic (exact) mass is 610 g/mol. The predicted octanol–water partition coefficient (Wildman–Crippen LogP) is 11.1. The lowest BCUT2D eigenvalue weighted by atomic mass is 9.91. The molecule has 45 heavy (non-hydrogen) atoms. The summed E-state index contributed by atoms with van der Waals surface area (Å²) < 4.78 is 29.0. The smallest absolute Gasteiger partial charge is 0.225 e. The normalized spacial score (nSPS) is 11.6. The number of fused-ring (bicyclic) bond motifs is 1. The summed E-state index contributed by atoms with van der Waals surface area (Å²) >= 11 is 0. The largest absolute Gasteiger partial charge is 0.344 e. The summed E-state index contributed by atoms with van der Waals surface area (Å²) in [6.07, 6.45) is 0. The molecular formula is C39H48F2N4. The van der Waals surface area contributed by atoms with Crippen molar-refractivity contribution in [1.29, 1.82) is 0 Å². The van der Waals surface area contributed by atoms with Gasteiger partial charge in [0.1, 0.15) is 11.6 Å². The van der Waals surface area contributed by atoms with Gasteiger partial charge in [-0.25, -0.2) is 18.7 Å². The number of para-hydroxylation sites is 1. The number of hydrogen-bond acceptors (Lipinski definition) is 3. The molecule has 238 valence electrons. The van der Waals surface area contributed by atoms with E-state index in [1.165, 1.54) is 34.3 Å². The Morgan fingerprint density at radius 1 is 0.689 bits per heavy atom. The summed E-state index contributed by atoms with van der Waals surface area (Å²) in [4.78, 5) is 11.6. The van der Waals surface area contributed by atoms with Crippen molar-refractivity contribution in [2.45, 2.75) is 86.1 Å². The molecule has 0 amide bonds. The lowest BCUT2D eigenvalue weighted by Gasteiger charge is -2.23. The molecule has 0 aliphatic rings. The molecule has 0 radical (unpaired) electrons. The Bertz CT molecular complexity index is 1720. The molecule has 0 aliphatic heterocycles. The van der Waals surface area contributed by atoms with Crippen LogP contribution in [0.4, 0.5) is 14.7 Å². The first kappa shape index (κ1) is 33.8. The Morgan fingerprint density at radius 3 is 1.73 bits per heavy atom. The van der Waals surface area contributed by atoms with Crippen molar-refractivity contribution >= 4 is 16.9 Å². The third-order valence-corrected chi connectivity index (χ3v) is 8.17. The Hall–Kier alpha value is -4.06. The van der Waals surface area contributed by atoms with Crippen molar-refractivity contribution < 1.29 is 8.78 Å². The van der Waals surface area contributed by atoms with Crippen molar-refractivity contribution in [3.63, 3.8) is 0 Å². The highest BCUT2D eigenvalue weighted by Gasteiger charge is 2.23. The van der Waals surface area contributed by atoms with Crippen molar-refractivity contribution in [3.8, 4) is 22.4 Å². The Labute approximate surface area is 268 Å². The van der Waals surface area contributed by atoms with Gasteiger partial charge in [-0.1, -0.05) is 71.9 Å². The number of hydrogen-bond donors (Lipinski definition) is 0. The van der Waals surface area contributed by atoms with Gasteiger partial charge in [0.15, 0.2) is 0 Å². The molecule has 0 aliphatic carbocycles. The van der Waals surface area contributed by atoms with Gasteiger partial charge in [0.05, 0.1) is 11.4 Å². The summed E-state index contributed by atoms with van der Waals surface area (Å²) in [6, 6.07) is 22.3. The summed E-state index contributed by atoms with van der Waals surface area (Å²) in [5.41, 5.74) is 8.96. The van der Waals surface area contributed by atoms with E-state index in [1.54, 1.807) is 24.3 Å². The number of rotatable bonds is 8. The van der Waals surface area contributed by atoms with Gasteiger partial charge in [-0.15, -0.1) is 0 Å². The molecule has 0 unspecified atom stereocenters. The van der Waals surface area contributed by atoms with Crippen LogP contribution in [0.1, 0.15) is 103 Å². The lowest BCUT2D eigenvalue weighted by molar-refractivity contribution is 0.578. The molecule has 5 aromatic rings. The Balaban J connectivity index is 0.000000205. The third-order valence-electron chi connectivity index (χ3n) is 8.17. The standard InChI is InChI=1S/C20H22FN.C19H26FN3/c1-13(2)20-19(15-9-11-16(21)12-10-15)17-7-5-6-8-18(17)22(20)14(3)4;1-7-23(6)19-21-17(13(4)5)16(12(2)3)18(22-19)14-8-10-15(20)11-9-14/h5-14H,1-4H3;8-13H,7H2,1-6H3. The van der Waals surface area contributed by atoms with Gasteiger partial charge >= 0.3 is 0 Å². The second-order valence-electron chi connectivity index (χ2n) is 12.9. The van der Waals surface area contributed by atoms with Crippen molar-refractivity contribution in [1.82, 2.24) is 14.5 Å². The zero-order valence-electron chi connectivity index (χ0n) is 28.5. The van der Waals surface area contributed by atoms with Crippen LogP contribution in [0.3, 0.4) is 0 Å². The second-order valence-corrected chi connectivity index (χ2v) is 12.9. The maximum atomic E-state index is 13.3. The van der Waals surface area contributed by atoms with E-state index in [0.29, 0.717) is 23.8 Å². The first-order chi connectivity index (χ1) is 21.3. The third kappa shape index (κ3) is 7.27. The molecule has 0 saturated carbocycles. The first-order valence-electron chi connectivity index (χ1n) is 16.1. The molecule has 3 aromatic carbocycles. The number of halogens is 2. The van der Waals surface area contributed by atoms with Gasteiger partial charge in [-0.05, 0) is 86.6 Å². The highest BCUT2D eigenvalue weighted by molar-refractivity contribution is 5.98. The summed E-state index contributed by atoms with van der Waals surface area (Å²) in [7, 11) is 1.99. The molecule has 5 rings (SSSR count). The van der Waals surface area contributed by atoms with Crippen LogP contribution in [-0.4, -0.2) is 28.1 Å². The van der Waals surface area contributed by atoms with E-state index in [1.807, 2.05) is 24.1 Å². The predicted molar refractivity (Wildman–Crippen MR) is 186 cm³/mol. The lowest BCUT2D eigenvalue weighted by Crippen LogP contribution is -2.21. The highest BCUT2D eigenvalue weighted by atomic mass is 19.1. The topological polar surface area (TPSA) is 34.0 Å². The molecule has 0 N–H and O–H groups in total. The number of anilines is 1. The van der Waals surface area contributed by atoms with Crippen molar-refractivity contribution in [2.24, 2.45) is 0 Å². The average molecular weight is 611 g/mol. The van der Waals surface area contributed by atoms with Crippen LogP contribution in [0, 0.1) is 11.6 Å². The SMILES string of the molecule is CC(C)c1c(-c2ccc(F)cc2)c2ccccc2n1C(C)C.CCN(C)c1nc(-c2ccc(F)cc2)c(C(C)C)c(C(C)C)n1. The quantitative estimate of drug-likeness (QED) is 0.175. The maximum Gasteiger partial charge on any atom is 0.225 e. The number of aromatic nitrogens is 3. The fourth-order valence-electron chi connectivity index (χ4n) is 5.95. The molecule has 6 heteroatoms. The van der Waals surface area contributed by atoms with E-state index in [-0.39, 0.29) is 11.6 Å².